The van der Waals surface area contributed by atoms with Crippen LogP contribution < -0.4 is 10.6 Å². The molecule has 1 aromatic rings. The van der Waals surface area contributed by atoms with Gasteiger partial charge in [0.25, 0.3) is 5.91 Å². The van der Waals surface area contributed by atoms with E-state index >= 15 is 0 Å². The lowest BCUT2D eigenvalue weighted by molar-refractivity contribution is 0.0923. The first-order valence-corrected chi connectivity index (χ1v) is 7.50. The van der Waals surface area contributed by atoms with E-state index in [-0.39, 0.29) is 27.6 Å². The van der Waals surface area contributed by atoms with Gasteiger partial charge in [-0.05, 0) is 37.8 Å². The molecule has 0 aliphatic carbocycles. The summed E-state index contributed by atoms with van der Waals surface area (Å²) in [6.07, 6.45) is 4.15. The van der Waals surface area contributed by atoms with Crippen LogP contribution in [0, 0.1) is 5.82 Å². The molecule has 6 heteroatoms. The Bertz CT molecular complexity index is 540. The third kappa shape index (κ3) is 2.78. The van der Waals surface area contributed by atoms with Gasteiger partial charge in [-0.2, -0.15) is 0 Å². The molecule has 3 rings (SSSR count). The van der Waals surface area contributed by atoms with Crippen molar-refractivity contribution in [1.82, 2.24) is 10.6 Å². The summed E-state index contributed by atoms with van der Waals surface area (Å²) in [5, 5.41) is 6.55. The fourth-order valence-electron chi connectivity index (χ4n) is 3.13. The van der Waals surface area contributed by atoms with Crippen molar-refractivity contribution < 1.29 is 9.18 Å². The van der Waals surface area contributed by atoms with Crippen LogP contribution in [0.25, 0.3) is 0 Å². The third-order valence-electron chi connectivity index (χ3n) is 4.06. The minimum absolute atomic E-state index is 0.0774. The van der Waals surface area contributed by atoms with Gasteiger partial charge in [0.1, 0.15) is 5.82 Å². The second-order valence-corrected chi connectivity index (χ2v) is 6.34. The zero-order valence-corrected chi connectivity index (χ0v) is 12.3. The Labute approximate surface area is 126 Å². The van der Waals surface area contributed by atoms with Crippen LogP contribution in [0.2, 0.25) is 10.0 Å². The number of amides is 1. The highest BCUT2D eigenvalue weighted by Crippen LogP contribution is 2.28. The number of halogens is 3. The van der Waals surface area contributed by atoms with Gasteiger partial charge in [-0.3, -0.25) is 4.79 Å². The molecule has 2 bridgehead atoms. The van der Waals surface area contributed by atoms with Crippen molar-refractivity contribution in [3.63, 3.8) is 0 Å². The normalized spacial score (nSPS) is 28.4. The molecule has 2 N–H and O–H groups in total. The van der Waals surface area contributed by atoms with E-state index in [4.69, 9.17) is 23.2 Å². The molecule has 20 heavy (non-hydrogen) atoms. The maximum absolute atomic E-state index is 13.5. The number of nitrogens with one attached hydrogen (secondary N) is 2. The molecule has 1 aromatic carbocycles. The summed E-state index contributed by atoms with van der Waals surface area (Å²) >= 11 is 11.6. The lowest BCUT2D eigenvalue weighted by atomic mass is 9.99. The van der Waals surface area contributed by atoms with Crippen LogP contribution in [-0.2, 0) is 0 Å². The third-order valence-corrected chi connectivity index (χ3v) is 4.67. The van der Waals surface area contributed by atoms with E-state index in [0.717, 1.165) is 31.7 Å². The first kappa shape index (κ1) is 14.1. The maximum atomic E-state index is 13.5. The molecular formula is C14H15Cl2FN2O. The highest BCUT2D eigenvalue weighted by Gasteiger charge is 2.34. The van der Waals surface area contributed by atoms with Crippen LogP contribution in [0.5, 0.6) is 0 Å². The van der Waals surface area contributed by atoms with Gasteiger partial charge in [0.2, 0.25) is 0 Å². The fourth-order valence-corrected chi connectivity index (χ4v) is 3.60. The van der Waals surface area contributed by atoms with Gasteiger partial charge in [-0.1, -0.05) is 23.2 Å². The molecule has 2 heterocycles. The van der Waals surface area contributed by atoms with Crippen LogP contribution in [-0.4, -0.2) is 24.0 Å². The Morgan fingerprint density at radius 1 is 1.20 bits per heavy atom. The Morgan fingerprint density at radius 3 is 2.50 bits per heavy atom. The Morgan fingerprint density at radius 2 is 1.85 bits per heavy atom. The zero-order chi connectivity index (χ0) is 14.3. The van der Waals surface area contributed by atoms with E-state index in [9.17, 15) is 9.18 Å². The highest BCUT2D eigenvalue weighted by molar-refractivity contribution is 6.36. The summed E-state index contributed by atoms with van der Waals surface area (Å²) in [5.41, 5.74) is 0.138. The molecule has 3 nitrogen and oxygen atoms in total. The van der Waals surface area contributed by atoms with E-state index in [0.29, 0.717) is 12.1 Å². The van der Waals surface area contributed by atoms with Crippen molar-refractivity contribution in [1.29, 1.82) is 0 Å². The standard InChI is InChI=1S/C14H15Cl2FN2O/c15-11-6-12(16)13(17)5-10(11)14(20)19-9-3-7-1-2-8(4-9)18-7/h5-9,18H,1-4H2,(H,19,20). The molecule has 0 radical (unpaired) electrons. The first-order chi connectivity index (χ1) is 9.52. The minimum atomic E-state index is -0.633. The van der Waals surface area contributed by atoms with Gasteiger partial charge >= 0.3 is 0 Å². The zero-order valence-electron chi connectivity index (χ0n) is 10.8. The monoisotopic (exact) mass is 316 g/mol. The van der Waals surface area contributed by atoms with Crippen LogP contribution in [0.1, 0.15) is 36.0 Å². The van der Waals surface area contributed by atoms with Crippen LogP contribution in [0.4, 0.5) is 4.39 Å². The van der Waals surface area contributed by atoms with Crippen molar-refractivity contribution in [3.05, 3.63) is 33.6 Å². The summed E-state index contributed by atoms with van der Waals surface area (Å²) in [6, 6.07) is 3.44. The molecule has 2 unspecified atom stereocenters. The van der Waals surface area contributed by atoms with E-state index < -0.39 is 5.82 Å². The predicted molar refractivity (Wildman–Crippen MR) is 76.9 cm³/mol. The summed E-state index contributed by atoms with van der Waals surface area (Å²) in [4.78, 5) is 12.2. The van der Waals surface area contributed by atoms with Gasteiger partial charge in [0.05, 0.1) is 15.6 Å². The SMILES string of the molecule is O=C(NC1CC2CCC(C1)N2)c1cc(F)c(Cl)cc1Cl. The van der Waals surface area contributed by atoms with Crippen molar-refractivity contribution in [3.8, 4) is 0 Å². The fraction of sp³-hybridized carbons (Fsp3) is 0.500. The highest BCUT2D eigenvalue weighted by atomic mass is 35.5. The molecule has 2 aliphatic heterocycles. The van der Waals surface area contributed by atoms with Gasteiger partial charge in [-0.25, -0.2) is 4.39 Å². The van der Waals surface area contributed by atoms with Crippen LogP contribution in [0.3, 0.4) is 0 Å². The van der Waals surface area contributed by atoms with Gasteiger partial charge in [0.15, 0.2) is 0 Å². The smallest absolute Gasteiger partial charge is 0.253 e. The summed E-state index contributed by atoms with van der Waals surface area (Å²) in [6.45, 7) is 0. The van der Waals surface area contributed by atoms with Gasteiger partial charge < -0.3 is 10.6 Å². The maximum Gasteiger partial charge on any atom is 0.253 e. The van der Waals surface area contributed by atoms with E-state index in [1.165, 1.54) is 6.07 Å². The topological polar surface area (TPSA) is 41.1 Å². The second-order valence-electron chi connectivity index (χ2n) is 5.53. The van der Waals surface area contributed by atoms with E-state index in [2.05, 4.69) is 10.6 Å². The molecule has 0 aromatic heterocycles. The molecule has 2 aliphatic rings. The average molecular weight is 317 g/mol. The van der Waals surface area contributed by atoms with Crippen LogP contribution in [0.15, 0.2) is 12.1 Å². The molecule has 0 saturated carbocycles. The summed E-state index contributed by atoms with van der Waals surface area (Å²) in [7, 11) is 0. The number of carbonyl (C=O) groups excluding carboxylic acids is 1. The number of fused-ring (bicyclic) bond motifs is 2. The Kier molecular flexibility index (Phi) is 3.89. The van der Waals surface area contributed by atoms with E-state index in [1.54, 1.807) is 0 Å². The molecule has 0 spiro atoms. The van der Waals surface area contributed by atoms with Crippen molar-refractivity contribution in [2.45, 2.75) is 43.8 Å². The number of rotatable bonds is 2. The van der Waals surface area contributed by atoms with Gasteiger partial charge in [0, 0.05) is 18.1 Å². The quantitative estimate of drug-likeness (QED) is 0.823. The van der Waals surface area contributed by atoms with Crippen molar-refractivity contribution in [2.75, 3.05) is 0 Å². The number of carbonyl (C=O) groups is 1. The summed E-state index contributed by atoms with van der Waals surface area (Å²) in [5.74, 6) is -0.969. The molecular weight excluding hydrogens is 302 g/mol. The Balaban J connectivity index is 1.72. The number of hydrogen-bond donors (Lipinski definition) is 2. The largest absolute Gasteiger partial charge is 0.349 e. The lowest BCUT2D eigenvalue weighted by Gasteiger charge is -2.29. The molecule has 2 fully saturated rings. The number of benzene rings is 1. The van der Waals surface area contributed by atoms with Gasteiger partial charge in [-0.15, -0.1) is 0 Å². The molecule has 2 saturated heterocycles. The lowest BCUT2D eigenvalue weighted by Crippen LogP contribution is -2.48. The predicted octanol–water partition coefficient (Wildman–Crippen LogP) is 3.15. The summed E-state index contributed by atoms with van der Waals surface area (Å²) < 4.78 is 13.5. The molecule has 1 amide bonds. The minimum Gasteiger partial charge on any atom is -0.349 e. The Hall–Kier alpha value is -0.840. The van der Waals surface area contributed by atoms with Crippen molar-refractivity contribution in [2.24, 2.45) is 0 Å². The number of piperidine rings is 1. The van der Waals surface area contributed by atoms with E-state index in [1.807, 2.05) is 0 Å². The first-order valence-electron chi connectivity index (χ1n) is 6.74. The average Bonchev–Trinajstić information content (AvgIpc) is 2.73. The van der Waals surface area contributed by atoms with Crippen LogP contribution >= 0.6 is 23.2 Å². The molecule has 2 atom stereocenters. The molecule has 108 valence electrons. The second kappa shape index (κ2) is 5.51. The number of hydrogen-bond acceptors (Lipinski definition) is 2. The van der Waals surface area contributed by atoms with Crippen molar-refractivity contribution >= 4 is 29.1 Å².